The molecular formula is C21H23N5O2. The monoisotopic (exact) mass is 377 g/mol. The van der Waals surface area contributed by atoms with Gasteiger partial charge in [0.2, 0.25) is 11.9 Å². The molecule has 0 aliphatic rings. The minimum absolute atomic E-state index is 0.0969. The summed E-state index contributed by atoms with van der Waals surface area (Å²) in [5, 5.41) is 9.20. The molecule has 0 unspecified atom stereocenters. The fraction of sp³-hybridized carbons (Fsp3) is 0.190. The Hall–Kier alpha value is -3.61. The van der Waals surface area contributed by atoms with Crippen molar-refractivity contribution in [2.45, 2.75) is 13.3 Å². The van der Waals surface area contributed by atoms with E-state index in [0.717, 1.165) is 29.1 Å². The summed E-state index contributed by atoms with van der Waals surface area (Å²) in [7, 11) is 1.67. The van der Waals surface area contributed by atoms with E-state index in [1.807, 2.05) is 48.5 Å². The zero-order chi connectivity index (χ0) is 19.8. The zero-order valence-corrected chi connectivity index (χ0v) is 15.9. The van der Waals surface area contributed by atoms with Crippen LogP contribution in [0.4, 0.5) is 23.1 Å². The Bertz CT molecular complexity index is 928. The summed E-state index contributed by atoms with van der Waals surface area (Å²) < 4.78 is 5.37. The summed E-state index contributed by atoms with van der Waals surface area (Å²) >= 11 is 0. The Morgan fingerprint density at radius 3 is 2.54 bits per heavy atom. The molecule has 3 N–H and O–H groups in total. The van der Waals surface area contributed by atoms with Gasteiger partial charge in [0, 0.05) is 31.0 Å². The number of hydrogen-bond donors (Lipinski definition) is 3. The molecule has 0 radical (unpaired) electrons. The molecule has 0 aliphatic heterocycles. The molecule has 0 saturated heterocycles. The maximum atomic E-state index is 11.1. The van der Waals surface area contributed by atoms with Crippen molar-refractivity contribution in [2.24, 2.45) is 0 Å². The highest BCUT2D eigenvalue weighted by molar-refractivity contribution is 5.88. The summed E-state index contributed by atoms with van der Waals surface area (Å²) in [5.41, 5.74) is 2.75. The molecule has 3 aromatic rings. The average Bonchev–Trinajstić information content (AvgIpc) is 2.70. The van der Waals surface area contributed by atoms with Gasteiger partial charge in [-0.2, -0.15) is 4.98 Å². The summed E-state index contributed by atoms with van der Waals surface area (Å²) in [6, 6.07) is 17.2. The Kier molecular flexibility index (Phi) is 6.41. The second kappa shape index (κ2) is 9.36. The van der Waals surface area contributed by atoms with Gasteiger partial charge in [-0.3, -0.25) is 4.79 Å². The molecule has 2 aromatic carbocycles. The van der Waals surface area contributed by atoms with Crippen molar-refractivity contribution in [3.63, 3.8) is 0 Å². The van der Waals surface area contributed by atoms with Gasteiger partial charge in [0.05, 0.1) is 7.11 Å². The maximum absolute atomic E-state index is 11.1. The zero-order valence-electron chi connectivity index (χ0n) is 15.9. The molecule has 0 spiro atoms. The number of aromatic nitrogens is 2. The van der Waals surface area contributed by atoms with Crippen LogP contribution in [0.25, 0.3) is 0 Å². The minimum atomic E-state index is -0.0969. The van der Waals surface area contributed by atoms with Gasteiger partial charge in [-0.1, -0.05) is 18.2 Å². The Balaban J connectivity index is 1.57. The third-order valence-electron chi connectivity index (χ3n) is 4.00. The molecule has 7 nitrogen and oxygen atoms in total. The topological polar surface area (TPSA) is 88.2 Å². The maximum Gasteiger partial charge on any atom is 0.224 e. The van der Waals surface area contributed by atoms with E-state index < -0.39 is 0 Å². The van der Waals surface area contributed by atoms with Crippen LogP contribution in [0.3, 0.4) is 0 Å². The molecule has 144 valence electrons. The van der Waals surface area contributed by atoms with E-state index in [1.165, 1.54) is 6.92 Å². The summed E-state index contributed by atoms with van der Waals surface area (Å²) in [4.78, 5) is 19.8. The SMILES string of the molecule is COc1ccccc1CCNc1nccc(Nc2ccc(NC(C)=O)cc2)n1. The predicted molar refractivity (Wildman–Crippen MR) is 111 cm³/mol. The van der Waals surface area contributed by atoms with Crippen LogP contribution in [0.2, 0.25) is 0 Å². The van der Waals surface area contributed by atoms with Gasteiger partial charge < -0.3 is 20.7 Å². The number of anilines is 4. The lowest BCUT2D eigenvalue weighted by molar-refractivity contribution is -0.114. The van der Waals surface area contributed by atoms with E-state index in [2.05, 4.69) is 25.9 Å². The van der Waals surface area contributed by atoms with Gasteiger partial charge >= 0.3 is 0 Å². The normalized spacial score (nSPS) is 10.2. The van der Waals surface area contributed by atoms with Crippen LogP contribution in [-0.4, -0.2) is 29.5 Å². The largest absolute Gasteiger partial charge is 0.496 e. The number of para-hydroxylation sites is 1. The van der Waals surface area contributed by atoms with Crippen LogP contribution >= 0.6 is 0 Å². The summed E-state index contributed by atoms with van der Waals surface area (Å²) in [6.07, 6.45) is 2.50. The highest BCUT2D eigenvalue weighted by Gasteiger charge is 2.04. The first kappa shape index (κ1) is 19.2. The number of nitrogens with zero attached hydrogens (tertiary/aromatic N) is 2. The van der Waals surface area contributed by atoms with Crippen molar-refractivity contribution in [3.05, 3.63) is 66.4 Å². The molecule has 28 heavy (non-hydrogen) atoms. The van der Waals surface area contributed by atoms with Crippen LogP contribution in [0.15, 0.2) is 60.8 Å². The van der Waals surface area contributed by atoms with E-state index in [9.17, 15) is 4.79 Å². The smallest absolute Gasteiger partial charge is 0.224 e. The Labute approximate surface area is 164 Å². The number of amides is 1. The van der Waals surface area contributed by atoms with Gasteiger partial charge in [0.15, 0.2) is 0 Å². The molecule has 7 heteroatoms. The minimum Gasteiger partial charge on any atom is -0.496 e. The van der Waals surface area contributed by atoms with Crippen molar-refractivity contribution >= 4 is 29.0 Å². The van der Waals surface area contributed by atoms with Crippen molar-refractivity contribution in [1.29, 1.82) is 0 Å². The number of rotatable bonds is 8. The quantitative estimate of drug-likeness (QED) is 0.553. The average molecular weight is 377 g/mol. The fourth-order valence-electron chi connectivity index (χ4n) is 2.72. The first-order chi connectivity index (χ1) is 13.6. The highest BCUT2D eigenvalue weighted by atomic mass is 16.5. The number of methoxy groups -OCH3 is 1. The lowest BCUT2D eigenvalue weighted by atomic mass is 10.1. The molecule has 0 saturated carbocycles. The highest BCUT2D eigenvalue weighted by Crippen LogP contribution is 2.19. The van der Waals surface area contributed by atoms with Gasteiger partial charge in [-0.25, -0.2) is 4.98 Å². The van der Waals surface area contributed by atoms with E-state index in [0.29, 0.717) is 18.3 Å². The number of hydrogen-bond acceptors (Lipinski definition) is 6. The lowest BCUT2D eigenvalue weighted by Gasteiger charge is -2.10. The number of carbonyl (C=O) groups is 1. The molecule has 0 bridgehead atoms. The van der Waals surface area contributed by atoms with Crippen molar-refractivity contribution in [3.8, 4) is 5.75 Å². The first-order valence-corrected chi connectivity index (χ1v) is 8.97. The predicted octanol–water partition coefficient (Wildman–Crippen LogP) is 3.84. The van der Waals surface area contributed by atoms with Crippen molar-refractivity contribution in [2.75, 3.05) is 29.6 Å². The Morgan fingerprint density at radius 1 is 1.04 bits per heavy atom. The van der Waals surface area contributed by atoms with Crippen LogP contribution in [0, 0.1) is 0 Å². The molecular weight excluding hydrogens is 354 g/mol. The third-order valence-corrected chi connectivity index (χ3v) is 4.00. The van der Waals surface area contributed by atoms with Crippen molar-refractivity contribution in [1.82, 2.24) is 9.97 Å². The van der Waals surface area contributed by atoms with Gasteiger partial charge in [0.25, 0.3) is 0 Å². The molecule has 1 heterocycles. The number of carbonyl (C=O) groups excluding carboxylic acids is 1. The van der Waals surface area contributed by atoms with Gasteiger partial charge in [-0.15, -0.1) is 0 Å². The number of benzene rings is 2. The number of ether oxygens (including phenoxy) is 1. The molecule has 0 aliphatic carbocycles. The van der Waals surface area contributed by atoms with Crippen LogP contribution in [0.1, 0.15) is 12.5 Å². The van der Waals surface area contributed by atoms with Crippen molar-refractivity contribution < 1.29 is 9.53 Å². The van der Waals surface area contributed by atoms with E-state index in [1.54, 1.807) is 19.4 Å². The van der Waals surface area contributed by atoms with Crippen LogP contribution in [0.5, 0.6) is 5.75 Å². The summed E-state index contributed by atoms with van der Waals surface area (Å²) in [5.74, 6) is 2.01. The molecule has 1 aromatic heterocycles. The van der Waals surface area contributed by atoms with E-state index in [4.69, 9.17) is 4.74 Å². The standard InChI is InChI=1S/C21H23N5O2/c1-15(27)24-17-7-9-18(10-8-17)25-20-12-14-23-21(26-20)22-13-11-16-5-3-4-6-19(16)28-2/h3-10,12,14H,11,13H2,1-2H3,(H,24,27)(H2,22,23,25,26). The molecule has 0 atom stereocenters. The fourth-order valence-corrected chi connectivity index (χ4v) is 2.72. The number of nitrogens with one attached hydrogen (secondary N) is 3. The van der Waals surface area contributed by atoms with E-state index >= 15 is 0 Å². The molecule has 0 fully saturated rings. The van der Waals surface area contributed by atoms with Gasteiger partial charge in [0.1, 0.15) is 11.6 Å². The molecule has 1 amide bonds. The lowest BCUT2D eigenvalue weighted by Crippen LogP contribution is -2.09. The second-order valence-electron chi connectivity index (χ2n) is 6.14. The van der Waals surface area contributed by atoms with Crippen LogP contribution in [-0.2, 0) is 11.2 Å². The summed E-state index contributed by atoms with van der Waals surface area (Å²) in [6.45, 7) is 2.17. The third kappa shape index (κ3) is 5.44. The Morgan fingerprint density at radius 2 is 1.79 bits per heavy atom. The first-order valence-electron chi connectivity index (χ1n) is 8.97. The van der Waals surface area contributed by atoms with Gasteiger partial charge in [-0.05, 0) is 48.4 Å². The molecule has 3 rings (SSSR count). The second-order valence-corrected chi connectivity index (χ2v) is 6.14. The van der Waals surface area contributed by atoms with Crippen LogP contribution < -0.4 is 20.7 Å². The van der Waals surface area contributed by atoms with E-state index in [-0.39, 0.29) is 5.91 Å².